The van der Waals surface area contributed by atoms with Crippen molar-refractivity contribution in [3.8, 4) is 0 Å². The van der Waals surface area contributed by atoms with Gasteiger partial charge in [0.25, 0.3) is 0 Å². The second-order valence-electron chi connectivity index (χ2n) is 6.74. The van der Waals surface area contributed by atoms with E-state index in [2.05, 4.69) is 39.8 Å². The van der Waals surface area contributed by atoms with E-state index < -0.39 is 0 Å². The molecule has 0 heterocycles. The molecule has 15 heavy (non-hydrogen) atoms. The summed E-state index contributed by atoms with van der Waals surface area (Å²) in [7, 11) is 4.32. The van der Waals surface area contributed by atoms with Gasteiger partial charge in [-0.05, 0) is 49.6 Å². The summed E-state index contributed by atoms with van der Waals surface area (Å²) in [5, 5.41) is 0. The maximum Gasteiger partial charge on any atom is 0.0142 e. The van der Waals surface area contributed by atoms with E-state index in [4.69, 9.17) is 5.73 Å². The van der Waals surface area contributed by atoms with Crippen LogP contribution in [-0.4, -0.2) is 31.6 Å². The summed E-state index contributed by atoms with van der Waals surface area (Å²) >= 11 is 0. The molecule has 0 saturated heterocycles. The highest BCUT2D eigenvalue weighted by molar-refractivity contribution is 5.16. The molecule has 2 aliphatic carbocycles. The second kappa shape index (κ2) is 3.21. The summed E-state index contributed by atoms with van der Waals surface area (Å²) in [5.41, 5.74) is 7.31. The highest BCUT2D eigenvalue weighted by Gasteiger charge is 2.64. The van der Waals surface area contributed by atoms with E-state index >= 15 is 0 Å². The molecule has 2 fully saturated rings. The van der Waals surface area contributed by atoms with Crippen molar-refractivity contribution in [2.45, 2.75) is 39.7 Å². The molecular formula is C13H26N2. The summed E-state index contributed by atoms with van der Waals surface area (Å²) in [4.78, 5) is 2.30. The molecule has 0 aliphatic heterocycles. The van der Waals surface area contributed by atoms with Gasteiger partial charge in [0.2, 0.25) is 0 Å². The lowest BCUT2D eigenvalue weighted by Gasteiger charge is -2.38. The zero-order valence-corrected chi connectivity index (χ0v) is 10.9. The first kappa shape index (κ1) is 11.4. The number of hydrogen-bond donors (Lipinski definition) is 1. The Labute approximate surface area is 94.2 Å². The zero-order chi connectivity index (χ0) is 11.4. The largest absolute Gasteiger partial charge is 0.327 e. The van der Waals surface area contributed by atoms with Gasteiger partial charge in [-0.2, -0.15) is 0 Å². The monoisotopic (exact) mass is 210 g/mol. The van der Waals surface area contributed by atoms with Crippen LogP contribution >= 0.6 is 0 Å². The molecule has 0 radical (unpaired) electrons. The Morgan fingerprint density at radius 3 is 2.27 bits per heavy atom. The van der Waals surface area contributed by atoms with Gasteiger partial charge in [0, 0.05) is 12.6 Å². The minimum atomic E-state index is 0.373. The maximum absolute atomic E-state index is 6.50. The third-order valence-electron chi connectivity index (χ3n) is 5.66. The van der Waals surface area contributed by atoms with Crippen LogP contribution in [0.5, 0.6) is 0 Å². The number of nitrogens with two attached hydrogens (primary N) is 1. The molecule has 2 nitrogen and oxygen atoms in total. The maximum atomic E-state index is 6.50. The van der Waals surface area contributed by atoms with Crippen LogP contribution in [-0.2, 0) is 0 Å². The lowest BCUT2D eigenvalue weighted by atomic mass is 9.69. The van der Waals surface area contributed by atoms with Gasteiger partial charge in [0.1, 0.15) is 0 Å². The van der Waals surface area contributed by atoms with E-state index in [0.717, 1.165) is 12.5 Å². The third kappa shape index (κ3) is 1.31. The molecule has 0 unspecified atom stereocenters. The average Bonchev–Trinajstić information content (AvgIpc) is 2.40. The molecule has 2 saturated carbocycles. The Hall–Kier alpha value is -0.0800. The first-order chi connectivity index (χ1) is 6.80. The van der Waals surface area contributed by atoms with Gasteiger partial charge in [-0.1, -0.05) is 20.8 Å². The summed E-state index contributed by atoms with van der Waals surface area (Å²) in [5.74, 6) is 1.54. The highest BCUT2D eigenvalue weighted by atomic mass is 15.1. The minimum absolute atomic E-state index is 0.373. The summed E-state index contributed by atoms with van der Waals surface area (Å²) in [6, 6.07) is 0.397. The smallest absolute Gasteiger partial charge is 0.0142 e. The van der Waals surface area contributed by atoms with E-state index in [-0.39, 0.29) is 0 Å². The molecule has 0 aromatic rings. The standard InChI is InChI=1S/C13H26N2/c1-12(2)10-6-7-13(12,3)11(14)9(10)8-15(4)5/h9-11H,6-8,14H2,1-5H3/t9-,10+,11-,13-/m1/s1. The van der Waals surface area contributed by atoms with Crippen molar-refractivity contribution in [2.24, 2.45) is 28.4 Å². The van der Waals surface area contributed by atoms with Crippen molar-refractivity contribution in [1.82, 2.24) is 4.90 Å². The van der Waals surface area contributed by atoms with E-state index in [0.29, 0.717) is 22.8 Å². The molecule has 2 rings (SSSR count). The molecule has 2 bridgehead atoms. The Kier molecular flexibility index (Phi) is 2.44. The van der Waals surface area contributed by atoms with Crippen LogP contribution in [0.2, 0.25) is 0 Å². The van der Waals surface area contributed by atoms with E-state index in [1.807, 2.05) is 0 Å². The average molecular weight is 210 g/mol. The van der Waals surface area contributed by atoms with Gasteiger partial charge in [-0.15, -0.1) is 0 Å². The molecule has 88 valence electrons. The third-order valence-corrected chi connectivity index (χ3v) is 5.66. The van der Waals surface area contributed by atoms with Crippen LogP contribution in [0.4, 0.5) is 0 Å². The Morgan fingerprint density at radius 2 is 1.87 bits per heavy atom. The molecule has 0 spiro atoms. The number of nitrogens with zero attached hydrogens (tertiary/aromatic N) is 1. The minimum Gasteiger partial charge on any atom is -0.327 e. The van der Waals surface area contributed by atoms with Crippen molar-refractivity contribution >= 4 is 0 Å². The van der Waals surface area contributed by atoms with Gasteiger partial charge in [-0.3, -0.25) is 0 Å². The summed E-state index contributed by atoms with van der Waals surface area (Å²) in [6.45, 7) is 8.43. The SMILES string of the molecule is CN(C)C[C@H]1[C@@H](N)[C@@]2(C)CC[C@@H]1C2(C)C. The van der Waals surface area contributed by atoms with Gasteiger partial charge >= 0.3 is 0 Å². The predicted octanol–water partition coefficient (Wildman–Crippen LogP) is 1.95. The van der Waals surface area contributed by atoms with Gasteiger partial charge in [-0.25, -0.2) is 0 Å². The number of hydrogen-bond acceptors (Lipinski definition) is 2. The molecule has 0 aromatic carbocycles. The van der Waals surface area contributed by atoms with Gasteiger partial charge < -0.3 is 10.6 Å². The lowest BCUT2D eigenvalue weighted by molar-refractivity contribution is 0.135. The fraction of sp³-hybridized carbons (Fsp3) is 1.00. The second-order valence-corrected chi connectivity index (χ2v) is 6.74. The molecule has 4 atom stereocenters. The first-order valence-corrected chi connectivity index (χ1v) is 6.21. The van der Waals surface area contributed by atoms with Crippen molar-refractivity contribution in [3.05, 3.63) is 0 Å². The van der Waals surface area contributed by atoms with Crippen LogP contribution in [0.15, 0.2) is 0 Å². The van der Waals surface area contributed by atoms with Crippen LogP contribution < -0.4 is 5.73 Å². The molecular weight excluding hydrogens is 184 g/mol. The number of rotatable bonds is 2. The van der Waals surface area contributed by atoms with Crippen molar-refractivity contribution in [1.29, 1.82) is 0 Å². The van der Waals surface area contributed by atoms with Gasteiger partial charge in [0.15, 0.2) is 0 Å². The van der Waals surface area contributed by atoms with Crippen LogP contribution in [0, 0.1) is 22.7 Å². The van der Waals surface area contributed by atoms with E-state index in [1.165, 1.54) is 12.8 Å². The topological polar surface area (TPSA) is 29.3 Å². The molecule has 0 aromatic heterocycles. The van der Waals surface area contributed by atoms with Crippen LogP contribution in [0.1, 0.15) is 33.6 Å². The fourth-order valence-corrected chi connectivity index (χ4v) is 4.29. The predicted molar refractivity (Wildman–Crippen MR) is 64.6 cm³/mol. The fourth-order valence-electron chi connectivity index (χ4n) is 4.29. The Morgan fingerprint density at radius 1 is 1.27 bits per heavy atom. The quantitative estimate of drug-likeness (QED) is 0.755. The highest BCUT2D eigenvalue weighted by Crippen LogP contribution is 2.66. The molecule has 2 aliphatic rings. The van der Waals surface area contributed by atoms with Crippen LogP contribution in [0.25, 0.3) is 0 Å². The molecule has 2 heteroatoms. The van der Waals surface area contributed by atoms with Crippen molar-refractivity contribution in [2.75, 3.05) is 20.6 Å². The first-order valence-electron chi connectivity index (χ1n) is 6.21. The normalized spacial score (nSPS) is 47.8. The van der Waals surface area contributed by atoms with Crippen molar-refractivity contribution in [3.63, 3.8) is 0 Å². The summed E-state index contributed by atoms with van der Waals surface area (Å²) in [6.07, 6.45) is 2.71. The summed E-state index contributed by atoms with van der Waals surface area (Å²) < 4.78 is 0. The van der Waals surface area contributed by atoms with E-state index in [9.17, 15) is 0 Å². The number of fused-ring (bicyclic) bond motifs is 2. The zero-order valence-electron chi connectivity index (χ0n) is 10.9. The Bertz CT molecular complexity index is 259. The lowest BCUT2D eigenvalue weighted by Crippen LogP contribution is -2.46. The van der Waals surface area contributed by atoms with E-state index in [1.54, 1.807) is 0 Å². The van der Waals surface area contributed by atoms with Crippen molar-refractivity contribution < 1.29 is 0 Å². The van der Waals surface area contributed by atoms with Crippen LogP contribution in [0.3, 0.4) is 0 Å². The molecule has 0 amide bonds. The molecule has 2 N–H and O–H groups in total. The van der Waals surface area contributed by atoms with Gasteiger partial charge in [0.05, 0.1) is 0 Å². The Balaban J connectivity index is 2.26.